The zero-order valence-electron chi connectivity index (χ0n) is 12.3. The van der Waals surface area contributed by atoms with Crippen LogP contribution >= 0.6 is 0 Å². The molecule has 0 aliphatic heterocycles. The number of ether oxygens (including phenoxy) is 1. The van der Waals surface area contributed by atoms with Crippen LogP contribution in [0.5, 0.6) is 0 Å². The third-order valence-electron chi connectivity index (χ3n) is 2.32. The molecule has 0 bridgehead atoms. The molecule has 20 heavy (non-hydrogen) atoms. The summed E-state index contributed by atoms with van der Waals surface area (Å²) in [5.74, 6) is 0.407. The zero-order chi connectivity index (χ0) is 15.2. The molecule has 0 saturated heterocycles. The fourth-order valence-electron chi connectivity index (χ4n) is 1.55. The van der Waals surface area contributed by atoms with Crippen LogP contribution in [0.1, 0.15) is 39.3 Å². The van der Waals surface area contributed by atoms with Crippen molar-refractivity contribution in [3.05, 3.63) is 23.9 Å². The minimum Gasteiger partial charge on any atom is -0.444 e. The first-order valence-electron chi connectivity index (χ1n) is 6.41. The van der Waals surface area contributed by atoms with Crippen LogP contribution in [0.25, 0.3) is 0 Å². The van der Waals surface area contributed by atoms with E-state index in [4.69, 9.17) is 9.84 Å². The maximum Gasteiger partial charge on any atom is 0.413 e. The Morgan fingerprint density at radius 1 is 1.60 bits per heavy atom. The molecule has 0 radical (unpaired) electrons. The molecule has 0 aliphatic rings. The van der Waals surface area contributed by atoms with Gasteiger partial charge < -0.3 is 9.84 Å². The second-order valence-electron chi connectivity index (χ2n) is 5.26. The summed E-state index contributed by atoms with van der Waals surface area (Å²) < 4.78 is 5.19. The van der Waals surface area contributed by atoms with Gasteiger partial charge in [0, 0.05) is 18.0 Å². The highest BCUT2D eigenvalue weighted by molar-refractivity contribution is 5.84. The molecule has 2 N–H and O–H groups in total. The van der Waals surface area contributed by atoms with E-state index in [0.717, 1.165) is 5.56 Å². The first kappa shape index (κ1) is 16.1. The van der Waals surface area contributed by atoms with Crippen LogP contribution in [-0.2, 0) is 4.74 Å². The third-order valence-corrected chi connectivity index (χ3v) is 2.32. The van der Waals surface area contributed by atoms with Gasteiger partial charge in [-0.2, -0.15) is 0 Å². The lowest BCUT2D eigenvalue weighted by atomic mass is 10.1. The summed E-state index contributed by atoms with van der Waals surface area (Å²) >= 11 is 0. The van der Waals surface area contributed by atoms with Gasteiger partial charge in [0.15, 0.2) is 0 Å². The molecule has 0 saturated carbocycles. The standard InChI is InChI=1S/C14H21N3O3/c1-10(15-8-9-18)11-6-5-7-16-12(11)17-13(19)20-14(2,3)4/h5-8,10,18H,9H2,1-4H3,(H,16,17,19)/b15-8+. The van der Waals surface area contributed by atoms with E-state index in [0.29, 0.717) is 5.82 Å². The molecule has 6 heteroatoms. The van der Waals surface area contributed by atoms with Crippen molar-refractivity contribution in [3.8, 4) is 0 Å². The third kappa shape index (κ3) is 5.36. The van der Waals surface area contributed by atoms with Crippen LogP contribution in [0, 0.1) is 0 Å². The second-order valence-corrected chi connectivity index (χ2v) is 5.26. The van der Waals surface area contributed by atoms with E-state index in [1.165, 1.54) is 6.21 Å². The van der Waals surface area contributed by atoms with Crippen LogP contribution < -0.4 is 5.32 Å². The number of aromatic nitrogens is 1. The van der Waals surface area contributed by atoms with E-state index in [2.05, 4.69) is 15.3 Å². The highest BCUT2D eigenvalue weighted by atomic mass is 16.6. The highest BCUT2D eigenvalue weighted by Crippen LogP contribution is 2.23. The number of aliphatic imine (C=N–C) groups is 1. The van der Waals surface area contributed by atoms with Crippen molar-refractivity contribution in [2.75, 3.05) is 11.9 Å². The monoisotopic (exact) mass is 279 g/mol. The number of aliphatic hydroxyl groups is 1. The van der Waals surface area contributed by atoms with Crippen molar-refractivity contribution < 1.29 is 14.6 Å². The van der Waals surface area contributed by atoms with Gasteiger partial charge in [-0.25, -0.2) is 9.78 Å². The number of rotatable bonds is 4. The summed E-state index contributed by atoms with van der Waals surface area (Å²) in [7, 11) is 0. The molecule has 1 unspecified atom stereocenters. The Bertz CT molecular complexity index is 481. The van der Waals surface area contributed by atoms with Gasteiger partial charge in [-0.1, -0.05) is 6.07 Å². The summed E-state index contributed by atoms with van der Waals surface area (Å²) in [6.45, 7) is 7.10. The summed E-state index contributed by atoms with van der Waals surface area (Å²) in [5.41, 5.74) is 0.183. The van der Waals surface area contributed by atoms with Crippen molar-refractivity contribution in [1.29, 1.82) is 0 Å². The van der Waals surface area contributed by atoms with E-state index in [-0.39, 0.29) is 12.6 Å². The molecule has 110 valence electrons. The number of hydrogen-bond acceptors (Lipinski definition) is 5. The van der Waals surface area contributed by atoms with Crippen LogP contribution in [0.15, 0.2) is 23.3 Å². The average molecular weight is 279 g/mol. The van der Waals surface area contributed by atoms with E-state index < -0.39 is 11.7 Å². The number of aliphatic hydroxyl groups excluding tert-OH is 1. The molecule has 6 nitrogen and oxygen atoms in total. The van der Waals surface area contributed by atoms with Gasteiger partial charge in [0.25, 0.3) is 0 Å². The van der Waals surface area contributed by atoms with E-state index in [1.54, 1.807) is 33.0 Å². The van der Waals surface area contributed by atoms with Crippen LogP contribution in [-0.4, -0.2) is 34.6 Å². The molecule has 1 aromatic heterocycles. The number of anilines is 1. The van der Waals surface area contributed by atoms with Crippen molar-refractivity contribution >= 4 is 18.1 Å². The molecule has 1 amide bonds. The van der Waals surface area contributed by atoms with Gasteiger partial charge in [0.1, 0.15) is 11.4 Å². The van der Waals surface area contributed by atoms with Gasteiger partial charge in [0.05, 0.1) is 12.6 Å². The first-order valence-corrected chi connectivity index (χ1v) is 6.41. The number of hydrogen-bond donors (Lipinski definition) is 2. The smallest absolute Gasteiger partial charge is 0.413 e. The molecule has 0 aliphatic carbocycles. The Kier molecular flexibility index (Phi) is 5.64. The first-order chi connectivity index (χ1) is 9.33. The minimum absolute atomic E-state index is 0.126. The highest BCUT2D eigenvalue weighted by Gasteiger charge is 2.18. The number of amides is 1. The van der Waals surface area contributed by atoms with Crippen molar-refractivity contribution in [3.63, 3.8) is 0 Å². The summed E-state index contributed by atoms with van der Waals surface area (Å²) in [4.78, 5) is 20.0. The lowest BCUT2D eigenvalue weighted by Gasteiger charge is -2.20. The predicted octanol–water partition coefficient (Wildman–Crippen LogP) is 2.55. The van der Waals surface area contributed by atoms with E-state index in [1.807, 2.05) is 13.0 Å². The van der Waals surface area contributed by atoms with Gasteiger partial charge in [0.2, 0.25) is 0 Å². The largest absolute Gasteiger partial charge is 0.444 e. The van der Waals surface area contributed by atoms with Crippen molar-refractivity contribution in [2.45, 2.75) is 39.3 Å². The number of carbonyl (C=O) groups excluding carboxylic acids is 1. The SMILES string of the molecule is CC(/N=C/CO)c1cccnc1NC(=O)OC(C)(C)C. The van der Waals surface area contributed by atoms with Crippen molar-refractivity contribution in [1.82, 2.24) is 4.98 Å². The maximum absolute atomic E-state index is 11.8. The lowest BCUT2D eigenvalue weighted by molar-refractivity contribution is 0.0635. The number of carbonyl (C=O) groups is 1. The molecule has 0 aromatic carbocycles. The number of nitrogens with zero attached hydrogens (tertiary/aromatic N) is 2. The summed E-state index contributed by atoms with van der Waals surface area (Å²) in [6.07, 6.45) is 2.43. The maximum atomic E-state index is 11.8. The summed E-state index contributed by atoms with van der Waals surface area (Å²) in [5, 5.41) is 11.4. The minimum atomic E-state index is -0.570. The van der Waals surface area contributed by atoms with Gasteiger partial charge >= 0.3 is 6.09 Å². The second kappa shape index (κ2) is 7.00. The van der Waals surface area contributed by atoms with E-state index >= 15 is 0 Å². The van der Waals surface area contributed by atoms with E-state index in [9.17, 15) is 4.79 Å². The summed E-state index contributed by atoms with van der Waals surface area (Å²) in [6, 6.07) is 3.36. The van der Waals surface area contributed by atoms with Crippen molar-refractivity contribution in [2.24, 2.45) is 4.99 Å². The molecular weight excluding hydrogens is 258 g/mol. The Labute approximate surface area is 118 Å². The Balaban J connectivity index is 2.85. The van der Waals surface area contributed by atoms with Crippen LogP contribution in [0.2, 0.25) is 0 Å². The van der Waals surface area contributed by atoms with Crippen LogP contribution in [0.3, 0.4) is 0 Å². The fraction of sp³-hybridized carbons (Fsp3) is 0.500. The number of pyridine rings is 1. The fourth-order valence-corrected chi connectivity index (χ4v) is 1.55. The topological polar surface area (TPSA) is 83.8 Å². The van der Waals surface area contributed by atoms with Gasteiger partial charge in [-0.3, -0.25) is 10.3 Å². The average Bonchev–Trinajstić information content (AvgIpc) is 2.34. The molecule has 0 spiro atoms. The normalized spacial score (nSPS) is 13.2. The van der Waals surface area contributed by atoms with Crippen LogP contribution in [0.4, 0.5) is 10.6 Å². The predicted molar refractivity (Wildman–Crippen MR) is 78.1 cm³/mol. The molecule has 1 heterocycles. The lowest BCUT2D eigenvalue weighted by Crippen LogP contribution is -2.27. The number of nitrogens with one attached hydrogen (secondary N) is 1. The Morgan fingerprint density at radius 2 is 2.30 bits per heavy atom. The Morgan fingerprint density at radius 3 is 2.90 bits per heavy atom. The quantitative estimate of drug-likeness (QED) is 0.830. The Hall–Kier alpha value is -1.95. The molecular formula is C14H21N3O3. The van der Waals surface area contributed by atoms with Gasteiger partial charge in [-0.15, -0.1) is 0 Å². The molecule has 1 rings (SSSR count). The molecule has 1 atom stereocenters. The van der Waals surface area contributed by atoms with Gasteiger partial charge in [-0.05, 0) is 33.8 Å². The molecule has 0 fully saturated rings. The zero-order valence-corrected chi connectivity index (χ0v) is 12.3. The molecule has 1 aromatic rings.